The van der Waals surface area contributed by atoms with E-state index in [1.54, 1.807) is 30.5 Å². The second-order valence-electron chi connectivity index (χ2n) is 5.21. The number of rotatable bonds is 6. The maximum atomic E-state index is 11.0. The van der Waals surface area contributed by atoms with Gasteiger partial charge in [-0.15, -0.1) is 0 Å². The Hall–Kier alpha value is -3.34. The summed E-state index contributed by atoms with van der Waals surface area (Å²) in [6.45, 7) is 0.685. The molecule has 0 aliphatic rings. The standard InChI is InChI=1S/C19H17N3O2/c20-19(23)15-7-9-17(10-8-15)24-18-11-6-14(13-22-18)12-21-16-4-2-1-3-5-16/h1-11,13,21H,12H2,(H2,20,23). The smallest absolute Gasteiger partial charge is 0.248 e. The predicted octanol–water partition coefficient (Wildman–Crippen LogP) is 3.58. The van der Waals surface area contributed by atoms with Gasteiger partial charge in [-0.3, -0.25) is 4.79 Å². The number of ether oxygens (including phenoxy) is 1. The molecule has 0 unspecified atom stereocenters. The maximum Gasteiger partial charge on any atom is 0.248 e. The Bertz CT molecular complexity index is 800. The second-order valence-corrected chi connectivity index (χ2v) is 5.21. The highest BCUT2D eigenvalue weighted by molar-refractivity contribution is 5.92. The lowest BCUT2D eigenvalue weighted by atomic mass is 10.2. The summed E-state index contributed by atoms with van der Waals surface area (Å²) in [5.41, 5.74) is 7.76. The van der Waals surface area contributed by atoms with Crippen LogP contribution in [-0.4, -0.2) is 10.9 Å². The summed E-state index contributed by atoms with van der Waals surface area (Å²) in [7, 11) is 0. The van der Waals surface area contributed by atoms with Gasteiger partial charge in [0.15, 0.2) is 0 Å². The fourth-order valence-corrected chi connectivity index (χ4v) is 2.14. The first-order chi connectivity index (χ1) is 11.7. The van der Waals surface area contributed by atoms with Crippen molar-refractivity contribution in [3.8, 4) is 11.6 Å². The van der Waals surface area contributed by atoms with Crippen LogP contribution in [0.2, 0.25) is 0 Å². The molecule has 0 saturated carbocycles. The second kappa shape index (κ2) is 7.28. The molecule has 2 aromatic carbocycles. The van der Waals surface area contributed by atoms with Gasteiger partial charge >= 0.3 is 0 Å². The molecule has 0 spiro atoms. The van der Waals surface area contributed by atoms with Crippen LogP contribution < -0.4 is 15.8 Å². The van der Waals surface area contributed by atoms with E-state index < -0.39 is 5.91 Å². The quantitative estimate of drug-likeness (QED) is 0.728. The minimum atomic E-state index is -0.463. The fourth-order valence-electron chi connectivity index (χ4n) is 2.14. The van der Waals surface area contributed by atoms with Crippen molar-refractivity contribution in [1.82, 2.24) is 4.98 Å². The number of aromatic nitrogens is 1. The SMILES string of the molecule is NC(=O)c1ccc(Oc2ccc(CNc3ccccc3)cn2)cc1. The van der Waals surface area contributed by atoms with E-state index in [-0.39, 0.29) is 0 Å². The Morgan fingerprint density at radius 1 is 1.00 bits per heavy atom. The van der Waals surface area contributed by atoms with E-state index in [1.807, 2.05) is 42.5 Å². The normalized spacial score (nSPS) is 10.2. The summed E-state index contributed by atoms with van der Waals surface area (Å²) in [6, 6.07) is 20.4. The third-order valence-electron chi connectivity index (χ3n) is 3.43. The minimum absolute atomic E-state index is 0.442. The summed E-state index contributed by atoms with van der Waals surface area (Å²) in [5, 5.41) is 3.32. The van der Waals surface area contributed by atoms with Crippen molar-refractivity contribution >= 4 is 11.6 Å². The van der Waals surface area contributed by atoms with E-state index in [2.05, 4.69) is 10.3 Å². The molecule has 0 saturated heterocycles. The van der Waals surface area contributed by atoms with E-state index in [1.165, 1.54) is 0 Å². The Labute approximate surface area is 140 Å². The Morgan fingerprint density at radius 3 is 2.38 bits per heavy atom. The van der Waals surface area contributed by atoms with Gasteiger partial charge in [0.1, 0.15) is 5.75 Å². The average molecular weight is 319 g/mol. The Balaban J connectivity index is 1.59. The number of nitrogens with one attached hydrogen (secondary N) is 1. The number of nitrogens with two attached hydrogens (primary N) is 1. The molecule has 120 valence electrons. The minimum Gasteiger partial charge on any atom is -0.439 e. The molecule has 0 bridgehead atoms. The summed E-state index contributed by atoms with van der Waals surface area (Å²) < 4.78 is 5.65. The monoisotopic (exact) mass is 319 g/mol. The summed E-state index contributed by atoms with van der Waals surface area (Å²) in [4.78, 5) is 15.3. The number of primary amides is 1. The zero-order valence-corrected chi connectivity index (χ0v) is 13.0. The lowest BCUT2D eigenvalue weighted by Gasteiger charge is -2.08. The van der Waals surface area contributed by atoms with Crippen LogP contribution in [0.25, 0.3) is 0 Å². The summed E-state index contributed by atoms with van der Waals surface area (Å²) >= 11 is 0. The van der Waals surface area contributed by atoms with Gasteiger partial charge < -0.3 is 15.8 Å². The molecule has 0 fully saturated rings. The molecule has 3 aromatic rings. The average Bonchev–Trinajstić information content (AvgIpc) is 2.62. The molecule has 1 amide bonds. The van der Waals surface area contributed by atoms with Crippen molar-refractivity contribution in [1.29, 1.82) is 0 Å². The summed E-state index contributed by atoms with van der Waals surface area (Å²) in [5.74, 6) is 0.628. The molecule has 1 heterocycles. The molecule has 0 atom stereocenters. The zero-order chi connectivity index (χ0) is 16.8. The lowest BCUT2D eigenvalue weighted by Crippen LogP contribution is -2.10. The van der Waals surface area contributed by atoms with Crippen LogP contribution in [0, 0.1) is 0 Å². The number of amides is 1. The van der Waals surface area contributed by atoms with Crippen molar-refractivity contribution in [2.75, 3.05) is 5.32 Å². The van der Waals surface area contributed by atoms with E-state index in [9.17, 15) is 4.79 Å². The topological polar surface area (TPSA) is 77.2 Å². The van der Waals surface area contributed by atoms with Crippen molar-refractivity contribution in [3.63, 3.8) is 0 Å². The van der Waals surface area contributed by atoms with Crippen LogP contribution in [0.3, 0.4) is 0 Å². The number of hydrogen-bond donors (Lipinski definition) is 2. The number of benzene rings is 2. The van der Waals surface area contributed by atoms with E-state index >= 15 is 0 Å². The van der Waals surface area contributed by atoms with Gasteiger partial charge in [0, 0.05) is 30.1 Å². The number of hydrogen-bond acceptors (Lipinski definition) is 4. The van der Waals surface area contributed by atoms with Gasteiger partial charge in [0.25, 0.3) is 0 Å². The maximum absolute atomic E-state index is 11.0. The molecule has 3 rings (SSSR count). The van der Waals surface area contributed by atoms with Gasteiger partial charge in [-0.05, 0) is 42.0 Å². The van der Waals surface area contributed by atoms with Crippen LogP contribution in [0.5, 0.6) is 11.6 Å². The number of para-hydroxylation sites is 1. The molecule has 24 heavy (non-hydrogen) atoms. The third-order valence-corrected chi connectivity index (χ3v) is 3.43. The van der Waals surface area contributed by atoms with Crippen molar-refractivity contribution in [3.05, 3.63) is 84.1 Å². The molecule has 1 aromatic heterocycles. The fraction of sp³-hybridized carbons (Fsp3) is 0.0526. The van der Waals surface area contributed by atoms with Gasteiger partial charge in [-0.1, -0.05) is 24.3 Å². The highest BCUT2D eigenvalue weighted by Gasteiger charge is 2.03. The van der Waals surface area contributed by atoms with Crippen LogP contribution >= 0.6 is 0 Å². The number of anilines is 1. The first kappa shape index (κ1) is 15.6. The van der Waals surface area contributed by atoms with Crippen LogP contribution in [-0.2, 0) is 6.54 Å². The van der Waals surface area contributed by atoms with Gasteiger partial charge in [0.2, 0.25) is 11.8 Å². The molecule has 0 aliphatic heterocycles. The molecule has 0 aliphatic carbocycles. The van der Waals surface area contributed by atoms with E-state index in [0.29, 0.717) is 23.7 Å². The van der Waals surface area contributed by atoms with Crippen LogP contribution in [0.4, 0.5) is 5.69 Å². The molecule has 5 heteroatoms. The first-order valence-corrected chi connectivity index (χ1v) is 7.52. The van der Waals surface area contributed by atoms with Gasteiger partial charge in [0.05, 0.1) is 0 Å². The number of nitrogens with zero attached hydrogens (tertiary/aromatic N) is 1. The van der Waals surface area contributed by atoms with Gasteiger partial charge in [-0.2, -0.15) is 0 Å². The van der Waals surface area contributed by atoms with Crippen molar-refractivity contribution in [2.24, 2.45) is 5.73 Å². The number of pyridine rings is 1. The molecule has 3 N–H and O–H groups in total. The number of carbonyl (C=O) groups excluding carboxylic acids is 1. The lowest BCUT2D eigenvalue weighted by molar-refractivity contribution is 0.100. The zero-order valence-electron chi connectivity index (χ0n) is 13.0. The van der Waals surface area contributed by atoms with Gasteiger partial charge in [-0.25, -0.2) is 4.98 Å². The molecule has 5 nitrogen and oxygen atoms in total. The Morgan fingerprint density at radius 2 is 1.75 bits per heavy atom. The van der Waals surface area contributed by atoms with Crippen molar-refractivity contribution in [2.45, 2.75) is 6.54 Å². The highest BCUT2D eigenvalue weighted by Crippen LogP contribution is 2.20. The van der Waals surface area contributed by atoms with E-state index in [0.717, 1.165) is 11.3 Å². The molecule has 0 radical (unpaired) electrons. The highest BCUT2D eigenvalue weighted by atomic mass is 16.5. The van der Waals surface area contributed by atoms with Crippen LogP contribution in [0.15, 0.2) is 72.9 Å². The largest absolute Gasteiger partial charge is 0.439 e. The summed E-state index contributed by atoms with van der Waals surface area (Å²) in [6.07, 6.45) is 1.77. The first-order valence-electron chi connectivity index (χ1n) is 7.52. The number of carbonyl (C=O) groups is 1. The van der Waals surface area contributed by atoms with E-state index in [4.69, 9.17) is 10.5 Å². The van der Waals surface area contributed by atoms with Crippen molar-refractivity contribution < 1.29 is 9.53 Å². The molecular formula is C19H17N3O2. The van der Waals surface area contributed by atoms with Crippen LogP contribution in [0.1, 0.15) is 15.9 Å². The predicted molar refractivity (Wildman–Crippen MR) is 93.0 cm³/mol. The molecular weight excluding hydrogens is 302 g/mol. The Kier molecular flexibility index (Phi) is 4.72. The third kappa shape index (κ3) is 4.10.